The third kappa shape index (κ3) is 3.47. The first-order valence-corrected chi connectivity index (χ1v) is 8.19. The van der Waals surface area contributed by atoms with Crippen LogP contribution in [0.2, 0.25) is 0 Å². The van der Waals surface area contributed by atoms with Crippen LogP contribution in [-0.4, -0.2) is 42.6 Å². The lowest BCUT2D eigenvalue weighted by Gasteiger charge is -2.38. The second-order valence-electron chi connectivity index (χ2n) is 6.11. The van der Waals surface area contributed by atoms with Gasteiger partial charge >= 0.3 is 5.97 Å². The second kappa shape index (κ2) is 7.55. The lowest BCUT2D eigenvalue weighted by Crippen LogP contribution is -2.43. The summed E-state index contributed by atoms with van der Waals surface area (Å²) in [4.78, 5) is 25.8. The van der Waals surface area contributed by atoms with Gasteiger partial charge in [0, 0.05) is 12.5 Å². The number of carboxylic acid groups (broad SMARTS) is 1. The smallest absolute Gasteiger partial charge is 0.305 e. The van der Waals surface area contributed by atoms with Gasteiger partial charge in [-0.2, -0.15) is 0 Å². The van der Waals surface area contributed by atoms with Crippen molar-refractivity contribution in [1.29, 1.82) is 0 Å². The summed E-state index contributed by atoms with van der Waals surface area (Å²) in [7, 11) is 3.11. The van der Waals surface area contributed by atoms with E-state index in [0.29, 0.717) is 24.5 Å². The van der Waals surface area contributed by atoms with Crippen molar-refractivity contribution >= 4 is 11.9 Å². The topological polar surface area (TPSA) is 76.1 Å². The minimum atomic E-state index is -0.926. The van der Waals surface area contributed by atoms with E-state index in [1.54, 1.807) is 25.2 Å². The first-order chi connectivity index (χ1) is 11.4. The lowest BCUT2D eigenvalue weighted by atomic mass is 9.89. The highest BCUT2D eigenvalue weighted by atomic mass is 16.5. The molecule has 0 spiro atoms. The zero-order valence-corrected chi connectivity index (χ0v) is 14.7. The van der Waals surface area contributed by atoms with Crippen LogP contribution in [0, 0.1) is 5.92 Å². The fourth-order valence-electron chi connectivity index (χ4n) is 3.14. The van der Waals surface area contributed by atoms with Gasteiger partial charge in [0.05, 0.1) is 26.7 Å². The summed E-state index contributed by atoms with van der Waals surface area (Å²) in [5, 5.41) is 9.32. The van der Waals surface area contributed by atoms with E-state index in [4.69, 9.17) is 9.47 Å². The predicted octanol–water partition coefficient (Wildman–Crippen LogP) is 2.65. The van der Waals surface area contributed by atoms with Crippen LogP contribution >= 0.6 is 0 Å². The molecule has 2 atom stereocenters. The minimum Gasteiger partial charge on any atom is -0.493 e. The number of hydrogen-bond donors (Lipinski definition) is 1. The molecule has 2 rings (SSSR count). The third-order valence-electron chi connectivity index (χ3n) is 4.69. The normalized spacial score (nSPS) is 17.8. The summed E-state index contributed by atoms with van der Waals surface area (Å²) in [5.74, 6) is 0.119. The summed E-state index contributed by atoms with van der Waals surface area (Å²) in [6.07, 6.45) is 1.28. The fraction of sp³-hybridized carbons (Fsp3) is 0.556. The van der Waals surface area contributed by atoms with E-state index in [1.807, 2.05) is 19.9 Å². The van der Waals surface area contributed by atoms with Gasteiger partial charge < -0.3 is 19.5 Å². The molecule has 1 aliphatic heterocycles. The van der Waals surface area contributed by atoms with Gasteiger partial charge in [0.25, 0.3) is 0 Å². The van der Waals surface area contributed by atoms with E-state index in [-0.39, 0.29) is 18.2 Å². The fourth-order valence-corrected chi connectivity index (χ4v) is 3.14. The first-order valence-electron chi connectivity index (χ1n) is 8.19. The number of carbonyl (C=O) groups is 2. The van der Waals surface area contributed by atoms with Crippen LogP contribution in [0.4, 0.5) is 0 Å². The highest BCUT2D eigenvalue weighted by Crippen LogP contribution is 2.40. The summed E-state index contributed by atoms with van der Waals surface area (Å²) >= 11 is 0. The Bertz CT molecular complexity index is 628. The van der Waals surface area contributed by atoms with Gasteiger partial charge in [-0.3, -0.25) is 9.59 Å². The van der Waals surface area contributed by atoms with Gasteiger partial charge in [-0.25, -0.2) is 0 Å². The summed E-state index contributed by atoms with van der Waals surface area (Å²) in [5.41, 5.74) is 1.84. The number of hydrogen-bond acceptors (Lipinski definition) is 4. The van der Waals surface area contributed by atoms with Crippen LogP contribution in [0.3, 0.4) is 0 Å². The maximum atomic E-state index is 12.7. The Morgan fingerprint density at radius 3 is 2.46 bits per heavy atom. The van der Waals surface area contributed by atoms with Crippen LogP contribution in [0.15, 0.2) is 12.1 Å². The molecule has 1 amide bonds. The van der Waals surface area contributed by atoms with Gasteiger partial charge in [-0.05, 0) is 36.1 Å². The molecule has 2 unspecified atom stereocenters. The van der Waals surface area contributed by atoms with Gasteiger partial charge in [0.2, 0.25) is 5.91 Å². The molecule has 0 radical (unpaired) electrons. The standard InChI is InChI=1S/C18H25NO5/c1-5-11(2)18(22)19-7-6-12-8-15(23-3)16(24-4)9-13(12)14(19)10-17(20)21/h8-9,11,14H,5-7,10H2,1-4H3,(H,20,21). The Morgan fingerprint density at radius 2 is 1.92 bits per heavy atom. The molecule has 1 aromatic carbocycles. The van der Waals surface area contributed by atoms with Crippen LogP contribution in [0.5, 0.6) is 11.5 Å². The van der Waals surface area contributed by atoms with E-state index in [9.17, 15) is 14.7 Å². The Labute approximate surface area is 142 Å². The molecule has 1 heterocycles. The van der Waals surface area contributed by atoms with Crippen molar-refractivity contribution in [3.05, 3.63) is 23.3 Å². The molecule has 0 fully saturated rings. The second-order valence-corrected chi connectivity index (χ2v) is 6.11. The van der Waals surface area contributed by atoms with Crippen molar-refractivity contribution < 1.29 is 24.2 Å². The highest BCUT2D eigenvalue weighted by Gasteiger charge is 2.34. The van der Waals surface area contributed by atoms with Crippen LogP contribution in [-0.2, 0) is 16.0 Å². The van der Waals surface area contributed by atoms with Crippen molar-refractivity contribution in [2.75, 3.05) is 20.8 Å². The molecule has 24 heavy (non-hydrogen) atoms. The van der Waals surface area contributed by atoms with Gasteiger partial charge in [-0.1, -0.05) is 13.8 Å². The molecule has 1 aliphatic rings. The molecular formula is C18H25NO5. The third-order valence-corrected chi connectivity index (χ3v) is 4.69. The Balaban J connectivity index is 2.47. The average molecular weight is 335 g/mol. The maximum absolute atomic E-state index is 12.7. The molecule has 132 valence electrons. The molecule has 1 N–H and O–H groups in total. The van der Waals surface area contributed by atoms with Crippen molar-refractivity contribution in [2.45, 2.75) is 39.2 Å². The van der Waals surface area contributed by atoms with Gasteiger partial charge in [-0.15, -0.1) is 0 Å². The number of carboxylic acids is 1. The lowest BCUT2D eigenvalue weighted by molar-refractivity contribution is -0.143. The highest BCUT2D eigenvalue weighted by molar-refractivity contribution is 5.80. The Kier molecular flexibility index (Phi) is 5.70. The van der Waals surface area contributed by atoms with Crippen molar-refractivity contribution in [3.63, 3.8) is 0 Å². The Hall–Kier alpha value is -2.24. The van der Waals surface area contributed by atoms with Gasteiger partial charge in [0.1, 0.15) is 0 Å². The van der Waals surface area contributed by atoms with Crippen molar-refractivity contribution in [2.24, 2.45) is 5.92 Å². The van der Waals surface area contributed by atoms with E-state index in [1.165, 1.54) is 0 Å². The summed E-state index contributed by atoms with van der Waals surface area (Å²) < 4.78 is 10.7. The number of benzene rings is 1. The SMILES string of the molecule is CCC(C)C(=O)N1CCc2cc(OC)c(OC)cc2C1CC(=O)O. The molecule has 0 aromatic heterocycles. The number of ether oxygens (including phenoxy) is 2. The van der Waals surface area contributed by atoms with E-state index in [2.05, 4.69) is 0 Å². The van der Waals surface area contributed by atoms with E-state index in [0.717, 1.165) is 17.5 Å². The monoisotopic (exact) mass is 335 g/mol. The molecule has 6 nitrogen and oxygen atoms in total. The predicted molar refractivity (Wildman–Crippen MR) is 89.4 cm³/mol. The molecule has 0 saturated carbocycles. The summed E-state index contributed by atoms with van der Waals surface area (Å²) in [6, 6.07) is 3.21. The number of nitrogens with zero attached hydrogens (tertiary/aromatic N) is 1. The van der Waals surface area contributed by atoms with Gasteiger partial charge in [0.15, 0.2) is 11.5 Å². The average Bonchev–Trinajstić information content (AvgIpc) is 2.58. The first kappa shape index (κ1) is 18.1. The van der Waals surface area contributed by atoms with E-state index >= 15 is 0 Å². The largest absolute Gasteiger partial charge is 0.493 e. The zero-order chi connectivity index (χ0) is 17.9. The van der Waals surface area contributed by atoms with Crippen LogP contribution < -0.4 is 9.47 Å². The van der Waals surface area contributed by atoms with Crippen LogP contribution in [0.1, 0.15) is 43.9 Å². The number of aliphatic carboxylic acids is 1. The number of amides is 1. The minimum absolute atomic E-state index is 0.00387. The molecular weight excluding hydrogens is 310 g/mol. The molecule has 0 bridgehead atoms. The van der Waals surface area contributed by atoms with Crippen LogP contribution in [0.25, 0.3) is 0 Å². The number of carbonyl (C=O) groups excluding carboxylic acids is 1. The number of methoxy groups -OCH3 is 2. The molecule has 0 aliphatic carbocycles. The van der Waals surface area contributed by atoms with E-state index < -0.39 is 12.0 Å². The number of fused-ring (bicyclic) bond motifs is 1. The summed E-state index contributed by atoms with van der Waals surface area (Å²) in [6.45, 7) is 4.36. The van der Waals surface area contributed by atoms with Crippen molar-refractivity contribution in [1.82, 2.24) is 4.90 Å². The van der Waals surface area contributed by atoms with Crippen molar-refractivity contribution in [3.8, 4) is 11.5 Å². The zero-order valence-electron chi connectivity index (χ0n) is 14.7. The maximum Gasteiger partial charge on any atom is 0.305 e. The number of rotatable bonds is 6. The molecule has 1 aromatic rings. The molecule has 0 saturated heterocycles. The molecule has 6 heteroatoms. The quantitative estimate of drug-likeness (QED) is 0.865. The Morgan fingerprint density at radius 1 is 1.29 bits per heavy atom.